The van der Waals surface area contributed by atoms with Crippen LogP contribution in [0.4, 0.5) is 10.2 Å². The maximum Gasteiger partial charge on any atom is 0.172 e. The Hall–Kier alpha value is -1.77. The summed E-state index contributed by atoms with van der Waals surface area (Å²) in [5.41, 5.74) is 10.4. The Kier molecular flexibility index (Phi) is 3.40. The van der Waals surface area contributed by atoms with Crippen LogP contribution in [-0.4, -0.2) is 38.6 Å². The lowest BCUT2D eigenvalue weighted by molar-refractivity contribution is -0.116. The summed E-state index contributed by atoms with van der Waals surface area (Å²) in [4.78, 5) is 3.80. The first kappa shape index (κ1) is 13.7. The van der Waals surface area contributed by atoms with Gasteiger partial charge < -0.3 is 21.3 Å². The van der Waals surface area contributed by atoms with Gasteiger partial charge in [0.25, 0.3) is 0 Å². The number of rotatable bonds is 4. The number of hydrogen-bond donors (Lipinski definition) is 3. The van der Waals surface area contributed by atoms with E-state index in [0.29, 0.717) is 5.52 Å². The molecule has 0 radical (unpaired) electrons. The van der Waals surface area contributed by atoms with E-state index in [1.54, 1.807) is 6.07 Å². The van der Waals surface area contributed by atoms with Crippen molar-refractivity contribution in [1.29, 1.82) is 0 Å². The summed E-state index contributed by atoms with van der Waals surface area (Å²) in [6, 6.07) is 3.05. The van der Waals surface area contributed by atoms with Crippen LogP contribution in [0.3, 0.4) is 0 Å². The van der Waals surface area contributed by atoms with E-state index in [1.807, 2.05) is 0 Å². The Balaban J connectivity index is 2.42. The summed E-state index contributed by atoms with van der Waals surface area (Å²) in [5.74, 6) is 0.227. The normalized spacial score (nSPS) is 18.2. The number of nitrogen functional groups attached to an aromatic ring is 1. The highest BCUT2D eigenvalue weighted by Gasteiger charge is 2.37. The third-order valence-corrected chi connectivity index (χ3v) is 3.10. The first-order valence-electron chi connectivity index (χ1n) is 5.62. The summed E-state index contributed by atoms with van der Waals surface area (Å²) in [6.07, 6.45) is -2.11. The molecule has 7 nitrogen and oxygen atoms in total. The second kappa shape index (κ2) is 4.72. The fraction of sp³-hybridized carbons (Fsp3) is 0.455. The molecule has 3 atom stereocenters. The molecule has 2 rings (SSSR count). The van der Waals surface area contributed by atoms with Crippen LogP contribution in [-0.2, 0) is 4.74 Å². The van der Waals surface area contributed by atoms with Crippen molar-refractivity contribution in [3.63, 3.8) is 0 Å². The number of ether oxygens (including phenoxy) is 1. The molecule has 0 aliphatic carbocycles. The summed E-state index contributed by atoms with van der Waals surface area (Å²) in [5, 5.41) is 13.8. The van der Waals surface area contributed by atoms with E-state index in [0.717, 1.165) is 0 Å². The van der Waals surface area contributed by atoms with Crippen LogP contribution in [0.2, 0.25) is 0 Å². The van der Waals surface area contributed by atoms with Gasteiger partial charge in [-0.3, -0.25) is 0 Å². The van der Waals surface area contributed by atoms with Crippen molar-refractivity contribution in [2.45, 2.75) is 24.9 Å². The molecular formula is C11H16FN5O2. The third-order valence-electron chi connectivity index (χ3n) is 3.10. The Morgan fingerprint density at radius 3 is 2.84 bits per heavy atom. The number of nitrogens with two attached hydrogens (primary N) is 2. The van der Waals surface area contributed by atoms with Gasteiger partial charge in [-0.2, -0.15) is 5.10 Å². The molecule has 0 saturated carbocycles. The van der Waals surface area contributed by atoms with Crippen molar-refractivity contribution in [2.75, 3.05) is 12.8 Å². The molecule has 2 aromatic heterocycles. The van der Waals surface area contributed by atoms with Gasteiger partial charge in [-0.25, -0.2) is 13.9 Å². The number of nitrogens with zero attached hydrogens (tertiary/aromatic N) is 3. The van der Waals surface area contributed by atoms with Crippen LogP contribution in [0, 0.1) is 0 Å². The molecule has 19 heavy (non-hydrogen) atoms. The molecular weight excluding hydrogens is 253 g/mol. The minimum absolute atomic E-state index is 0.130. The van der Waals surface area contributed by atoms with Crippen molar-refractivity contribution >= 4 is 11.3 Å². The smallest absolute Gasteiger partial charge is 0.172 e. The van der Waals surface area contributed by atoms with Gasteiger partial charge in [-0.15, -0.1) is 0 Å². The monoisotopic (exact) mass is 269 g/mol. The van der Waals surface area contributed by atoms with Crippen LogP contribution in [0.15, 0.2) is 18.5 Å². The molecule has 0 aromatic carbocycles. The molecule has 0 amide bonds. The second-order valence-corrected chi connectivity index (χ2v) is 4.44. The average Bonchev–Trinajstić information content (AvgIpc) is 2.82. The summed E-state index contributed by atoms with van der Waals surface area (Å²) in [7, 11) is 1.30. The van der Waals surface area contributed by atoms with E-state index in [9.17, 15) is 9.50 Å². The van der Waals surface area contributed by atoms with E-state index in [4.69, 9.17) is 16.2 Å². The maximum atomic E-state index is 14.4. The first-order valence-corrected chi connectivity index (χ1v) is 5.62. The number of hydrogen-bond acceptors (Lipinski definition) is 6. The minimum atomic E-state index is -1.77. The SMILES string of the molecule is CO[C@@](C)(N)[C@@H](O)[C@@H](F)c1ccc2c(N)ncnn12. The minimum Gasteiger partial charge on any atom is -0.385 e. The van der Waals surface area contributed by atoms with E-state index in [2.05, 4.69) is 10.1 Å². The summed E-state index contributed by atoms with van der Waals surface area (Å²) >= 11 is 0. The number of aromatic nitrogens is 3. The van der Waals surface area contributed by atoms with Gasteiger partial charge in [0, 0.05) is 7.11 Å². The lowest BCUT2D eigenvalue weighted by Crippen LogP contribution is -2.51. The Labute approximate surface area is 109 Å². The zero-order chi connectivity index (χ0) is 14.2. The van der Waals surface area contributed by atoms with E-state index in [1.165, 1.54) is 30.9 Å². The van der Waals surface area contributed by atoms with Crippen LogP contribution < -0.4 is 11.5 Å². The predicted molar refractivity (Wildman–Crippen MR) is 66.9 cm³/mol. The van der Waals surface area contributed by atoms with Crippen LogP contribution in [0.5, 0.6) is 0 Å². The zero-order valence-corrected chi connectivity index (χ0v) is 10.6. The molecule has 2 aromatic rings. The van der Waals surface area contributed by atoms with Crippen molar-refractivity contribution < 1.29 is 14.2 Å². The maximum absolute atomic E-state index is 14.4. The number of alkyl halides is 1. The van der Waals surface area contributed by atoms with E-state index in [-0.39, 0.29) is 11.5 Å². The third kappa shape index (κ3) is 2.25. The fourth-order valence-corrected chi connectivity index (χ4v) is 1.75. The summed E-state index contributed by atoms with van der Waals surface area (Å²) in [6.45, 7) is 1.39. The number of aliphatic hydroxyl groups excluding tert-OH is 1. The molecule has 0 aliphatic rings. The molecule has 104 valence electrons. The van der Waals surface area contributed by atoms with Gasteiger partial charge in [0.15, 0.2) is 12.0 Å². The zero-order valence-electron chi connectivity index (χ0n) is 10.6. The molecule has 0 spiro atoms. The van der Waals surface area contributed by atoms with Crippen LogP contribution in [0.1, 0.15) is 18.8 Å². The largest absolute Gasteiger partial charge is 0.385 e. The lowest BCUT2D eigenvalue weighted by Gasteiger charge is -2.30. The van der Waals surface area contributed by atoms with Crippen LogP contribution in [0.25, 0.3) is 5.52 Å². The number of fused-ring (bicyclic) bond motifs is 1. The van der Waals surface area contributed by atoms with Crippen molar-refractivity contribution in [1.82, 2.24) is 14.6 Å². The van der Waals surface area contributed by atoms with Gasteiger partial charge in [0.05, 0.1) is 5.69 Å². The highest BCUT2D eigenvalue weighted by molar-refractivity contribution is 5.65. The molecule has 0 fully saturated rings. The fourth-order valence-electron chi connectivity index (χ4n) is 1.75. The highest BCUT2D eigenvalue weighted by atomic mass is 19.1. The molecule has 8 heteroatoms. The molecule has 0 aliphatic heterocycles. The molecule has 2 heterocycles. The Morgan fingerprint density at radius 1 is 1.53 bits per heavy atom. The lowest BCUT2D eigenvalue weighted by atomic mass is 10.0. The van der Waals surface area contributed by atoms with Crippen molar-refractivity contribution in [3.05, 3.63) is 24.2 Å². The number of aliphatic hydroxyl groups is 1. The topological polar surface area (TPSA) is 112 Å². The first-order chi connectivity index (χ1) is 8.88. The van der Waals surface area contributed by atoms with Gasteiger partial charge in [0.2, 0.25) is 0 Å². The Morgan fingerprint density at radius 2 is 2.21 bits per heavy atom. The van der Waals surface area contributed by atoms with E-state index >= 15 is 0 Å². The van der Waals surface area contributed by atoms with E-state index < -0.39 is 18.0 Å². The highest BCUT2D eigenvalue weighted by Crippen LogP contribution is 2.29. The number of anilines is 1. The van der Waals surface area contributed by atoms with Crippen molar-refractivity contribution in [3.8, 4) is 0 Å². The van der Waals surface area contributed by atoms with Crippen LogP contribution >= 0.6 is 0 Å². The van der Waals surface area contributed by atoms with Gasteiger partial charge >= 0.3 is 0 Å². The predicted octanol–water partition coefficient (Wildman–Crippen LogP) is 0.00430. The average molecular weight is 269 g/mol. The molecule has 0 bridgehead atoms. The standard InChI is InChI=1S/C11H16FN5O2/c1-11(14,19-2)9(18)8(12)6-3-4-7-10(13)15-5-16-17(6)7/h3-5,8-9,18H,14H2,1-2H3,(H2,13,15,16)/t8-,9-,11+/m0/s1. The molecule has 0 unspecified atom stereocenters. The van der Waals surface area contributed by atoms with Gasteiger partial charge in [-0.05, 0) is 19.1 Å². The number of methoxy groups -OCH3 is 1. The van der Waals surface area contributed by atoms with Gasteiger partial charge in [0.1, 0.15) is 23.7 Å². The quantitative estimate of drug-likeness (QED) is 0.674. The number of halogens is 1. The Bertz CT molecular complexity index is 585. The molecule has 0 saturated heterocycles. The summed E-state index contributed by atoms with van der Waals surface area (Å²) < 4.78 is 20.5. The molecule has 5 N–H and O–H groups in total. The van der Waals surface area contributed by atoms with Gasteiger partial charge in [-0.1, -0.05) is 0 Å². The second-order valence-electron chi connectivity index (χ2n) is 4.44. The van der Waals surface area contributed by atoms with Crippen molar-refractivity contribution in [2.24, 2.45) is 5.73 Å².